The number of amides is 1. The molecule has 1 N–H and O–H groups in total. The first kappa shape index (κ1) is 25.5. The summed E-state index contributed by atoms with van der Waals surface area (Å²) in [5.74, 6) is 0.453. The number of benzene rings is 4. The Labute approximate surface area is 216 Å². The van der Waals surface area contributed by atoms with Crippen molar-refractivity contribution in [2.45, 2.75) is 25.7 Å². The summed E-state index contributed by atoms with van der Waals surface area (Å²) >= 11 is 0. The smallest absolute Gasteiger partial charge is 0.328 e. The Bertz CT molecular complexity index is 1290. The van der Waals surface area contributed by atoms with Crippen molar-refractivity contribution in [3.05, 3.63) is 131 Å². The summed E-state index contributed by atoms with van der Waals surface area (Å²) in [7, 11) is 1.31. The molecule has 1 atom stereocenters. The van der Waals surface area contributed by atoms with E-state index >= 15 is 0 Å². The van der Waals surface area contributed by atoms with Crippen molar-refractivity contribution in [1.29, 1.82) is 0 Å². The zero-order valence-electron chi connectivity index (χ0n) is 20.6. The van der Waals surface area contributed by atoms with Gasteiger partial charge in [0.15, 0.2) is 0 Å². The van der Waals surface area contributed by atoms with Crippen LogP contribution in [-0.4, -0.2) is 25.0 Å². The van der Waals surface area contributed by atoms with E-state index in [0.29, 0.717) is 30.9 Å². The lowest BCUT2D eigenvalue weighted by Gasteiger charge is -2.17. The van der Waals surface area contributed by atoms with Crippen molar-refractivity contribution in [3.8, 4) is 11.5 Å². The average molecular weight is 496 g/mol. The first-order valence-electron chi connectivity index (χ1n) is 12.0. The van der Waals surface area contributed by atoms with Crippen LogP contribution in [0.3, 0.4) is 0 Å². The van der Waals surface area contributed by atoms with Crippen LogP contribution in [0, 0.1) is 0 Å². The summed E-state index contributed by atoms with van der Waals surface area (Å²) in [6.45, 7) is 0.844. The summed E-state index contributed by atoms with van der Waals surface area (Å²) in [6.07, 6.45) is 0.334. The van der Waals surface area contributed by atoms with Gasteiger partial charge in [0, 0.05) is 12.0 Å². The summed E-state index contributed by atoms with van der Waals surface area (Å²) in [5.41, 5.74) is 3.39. The highest BCUT2D eigenvalue weighted by atomic mass is 16.5. The van der Waals surface area contributed by atoms with Gasteiger partial charge in [0.25, 0.3) is 5.91 Å². The molecule has 0 aliphatic rings. The van der Waals surface area contributed by atoms with Crippen LogP contribution in [0.1, 0.15) is 27.0 Å². The summed E-state index contributed by atoms with van der Waals surface area (Å²) < 4.78 is 16.6. The van der Waals surface area contributed by atoms with Gasteiger partial charge in [0.1, 0.15) is 30.8 Å². The van der Waals surface area contributed by atoms with Gasteiger partial charge < -0.3 is 19.5 Å². The number of carbonyl (C=O) groups excluding carboxylic acids is 2. The number of hydrogen-bond donors (Lipinski definition) is 1. The topological polar surface area (TPSA) is 73.9 Å². The lowest BCUT2D eigenvalue weighted by atomic mass is 10.1. The minimum atomic E-state index is -0.799. The maximum absolute atomic E-state index is 12.9. The Hall–Kier alpha value is -4.58. The molecule has 6 nitrogen and oxygen atoms in total. The fourth-order valence-electron chi connectivity index (χ4n) is 3.74. The molecule has 0 saturated carbocycles. The third-order valence-corrected chi connectivity index (χ3v) is 5.75. The van der Waals surface area contributed by atoms with E-state index in [1.807, 2.05) is 84.9 Å². The minimum Gasteiger partial charge on any atom is -0.489 e. The zero-order valence-corrected chi connectivity index (χ0v) is 20.6. The number of carbonyl (C=O) groups is 2. The Morgan fingerprint density at radius 3 is 1.92 bits per heavy atom. The number of rotatable bonds is 11. The Morgan fingerprint density at radius 2 is 1.27 bits per heavy atom. The highest BCUT2D eigenvalue weighted by Crippen LogP contribution is 2.18. The molecule has 0 aromatic heterocycles. The fraction of sp³-hybridized carbons (Fsp3) is 0.161. The molecule has 0 spiro atoms. The van der Waals surface area contributed by atoms with Gasteiger partial charge in [-0.1, -0.05) is 78.9 Å². The predicted octanol–water partition coefficient (Wildman–Crippen LogP) is 5.36. The molecular weight excluding hydrogens is 466 g/mol. The Morgan fingerprint density at radius 1 is 0.676 bits per heavy atom. The second-order valence-electron chi connectivity index (χ2n) is 8.47. The third-order valence-electron chi connectivity index (χ3n) is 5.75. The van der Waals surface area contributed by atoms with Crippen LogP contribution >= 0.6 is 0 Å². The maximum Gasteiger partial charge on any atom is 0.328 e. The van der Waals surface area contributed by atoms with Gasteiger partial charge in [0.05, 0.1) is 7.11 Å². The van der Waals surface area contributed by atoms with E-state index in [-0.39, 0.29) is 5.91 Å². The van der Waals surface area contributed by atoms with E-state index < -0.39 is 12.0 Å². The normalized spacial score (nSPS) is 11.3. The molecule has 6 heteroatoms. The molecule has 188 valence electrons. The highest BCUT2D eigenvalue weighted by Gasteiger charge is 2.22. The second kappa shape index (κ2) is 12.9. The SMILES string of the molecule is COC(=O)[C@H](Cc1ccccc1)NC(=O)c1cccc(OCc2ccc(OCc3ccccc3)cc2)c1. The molecule has 0 heterocycles. The van der Waals surface area contributed by atoms with E-state index in [2.05, 4.69) is 5.32 Å². The van der Waals surface area contributed by atoms with Gasteiger partial charge in [-0.25, -0.2) is 4.79 Å². The molecule has 0 unspecified atom stereocenters. The van der Waals surface area contributed by atoms with Gasteiger partial charge in [0.2, 0.25) is 0 Å². The number of nitrogens with one attached hydrogen (secondary N) is 1. The molecule has 4 aromatic carbocycles. The third kappa shape index (κ3) is 7.70. The van der Waals surface area contributed by atoms with Crippen LogP contribution in [0.15, 0.2) is 109 Å². The number of hydrogen-bond acceptors (Lipinski definition) is 5. The van der Waals surface area contributed by atoms with E-state index in [0.717, 1.165) is 22.4 Å². The van der Waals surface area contributed by atoms with Gasteiger partial charge in [-0.3, -0.25) is 4.79 Å². The molecule has 0 radical (unpaired) electrons. The van der Waals surface area contributed by atoms with E-state index in [9.17, 15) is 9.59 Å². The van der Waals surface area contributed by atoms with E-state index in [4.69, 9.17) is 14.2 Å². The van der Waals surface area contributed by atoms with Crippen LogP contribution in [0.2, 0.25) is 0 Å². The van der Waals surface area contributed by atoms with Crippen LogP contribution in [0.4, 0.5) is 0 Å². The molecular formula is C31H29NO5. The molecule has 4 rings (SSSR count). The maximum atomic E-state index is 12.9. The summed E-state index contributed by atoms with van der Waals surface area (Å²) in [6, 6.07) is 33.2. The van der Waals surface area contributed by atoms with Crippen molar-refractivity contribution < 1.29 is 23.8 Å². The molecule has 0 saturated heterocycles. The Kier molecular flexibility index (Phi) is 8.92. The molecule has 4 aromatic rings. The van der Waals surface area contributed by atoms with Crippen molar-refractivity contribution in [2.24, 2.45) is 0 Å². The lowest BCUT2D eigenvalue weighted by molar-refractivity contribution is -0.142. The van der Waals surface area contributed by atoms with Crippen molar-refractivity contribution in [3.63, 3.8) is 0 Å². The summed E-state index contributed by atoms with van der Waals surface area (Å²) in [4.78, 5) is 25.2. The quantitative estimate of drug-likeness (QED) is 0.284. The predicted molar refractivity (Wildman–Crippen MR) is 141 cm³/mol. The molecule has 0 aliphatic carbocycles. The van der Waals surface area contributed by atoms with E-state index in [1.54, 1.807) is 24.3 Å². The largest absolute Gasteiger partial charge is 0.489 e. The van der Waals surface area contributed by atoms with Gasteiger partial charge in [-0.05, 0) is 47.0 Å². The molecule has 1 amide bonds. The standard InChI is InChI=1S/C31H29NO5/c1-35-31(34)29(19-23-9-4-2-5-10-23)32-30(33)26-13-8-14-28(20-26)37-22-25-15-17-27(18-16-25)36-21-24-11-6-3-7-12-24/h2-18,20,29H,19,21-22H2,1H3,(H,32,33)/t29-/m0/s1. The minimum absolute atomic E-state index is 0.334. The molecule has 0 fully saturated rings. The monoisotopic (exact) mass is 495 g/mol. The molecule has 0 bridgehead atoms. The van der Waals surface area contributed by atoms with Crippen LogP contribution in [0.25, 0.3) is 0 Å². The average Bonchev–Trinajstić information content (AvgIpc) is 2.96. The fourth-order valence-corrected chi connectivity index (χ4v) is 3.74. The number of ether oxygens (including phenoxy) is 3. The Balaban J connectivity index is 1.32. The van der Waals surface area contributed by atoms with Crippen molar-refractivity contribution >= 4 is 11.9 Å². The second-order valence-corrected chi connectivity index (χ2v) is 8.47. The zero-order chi connectivity index (χ0) is 25.9. The van der Waals surface area contributed by atoms with Crippen molar-refractivity contribution in [2.75, 3.05) is 7.11 Å². The lowest BCUT2D eigenvalue weighted by Crippen LogP contribution is -2.43. The van der Waals surface area contributed by atoms with Crippen LogP contribution < -0.4 is 14.8 Å². The van der Waals surface area contributed by atoms with Crippen LogP contribution in [0.5, 0.6) is 11.5 Å². The van der Waals surface area contributed by atoms with Gasteiger partial charge >= 0.3 is 5.97 Å². The number of methoxy groups -OCH3 is 1. The highest BCUT2D eigenvalue weighted by molar-refractivity contribution is 5.97. The van der Waals surface area contributed by atoms with Crippen molar-refractivity contribution in [1.82, 2.24) is 5.32 Å². The molecule has 0 aliphatic heterocycles. The van der Waals surface area contributed by atoms with E-state index in [1.165, 1.54) is 7.11 Å². The van der Waals surface area contributed by atoms with Gasteiger partial charge in [-0.2, -0.15) is 0 Å². The first-order chi connectivity index (χ1) is 18.1. The van der Waals surface area contributed by atoms with Gasteiger partial charge in [-0.15, -0.1) is 0 Å². The number of esters is 1. The van der Waals surface area contributed by atoms with Crippen LogP contribution in [-0.2, 0) is 29.2 Å². The first-order valence-corrected chi connectivity index (χ1v) is 12.0. The molecule has 37 heavy (non-hydrogen) atoms. The summed E-state index contributed by atoms with van der Waals surface area (Å²) in [5, 5.41) is 2.78.